The smallest absolute Gasteiger partial charge is 0.0547 e. The van der Waals surface area contributed by atoms with E-state index < -0.39 is 0 Å². The van der Waals surface area contributed by atoms with Gasteiger partial charge in [-0.2, -0.15) is 0 Å². The van der Waals surface area contributed by atoms with Crippen LogP contribution in [0.15, 0.2) is 140 Å². The van der Waals surface area contributed by atoms with Crippen molar-refractivity contribution in [2.24, 2.45) is 0 Å². The van der Waals surface area contributed by atoms with Crippen LogP contribution in [0.25, 0.3) is 80.3 Å². The van der Waals surface area contributed by atoms with Crippen LogP contribution in [0.3, 0.4) is 0 Å². The van der Waals surface area contributed by atoms with E-state index in [4.69, 9.17) is 0 Å². The predicted octanol–water partition coefficient (Wildman–Crippen LogP) is 11.1. The van der Waals surface area contributed by atoms with Crippen molar-refractivity contribution in [3.8, 4) is 16.8 Å². The largest absolute Gasteiger partial charge is 0.309 e. The van der Waals surface area contributed by atoms with Crippen molar-refractivity contribution in [2.45, 2.75) is 0 Å². The summed E-state index contributed by atoms with van der Waals surface area (Å²) in [5.41, 5.74) is 6.25. The Labute approximate surface area is 235 Å². The molecule has 0 N–H and O–H groups in total. The topological polar surface area (TPSA) is 4.93 Å². The highest BCUT2D eigenvalue weighted by Crippen LogP contribution is 2.42. The first kappa shape index (κ1) is 22.0. The molecule has 0 unspecified atom stereocenters. The monoisotopic (exact) mass is 525 g/mol. The third-order valence-corrected chi connectivity index (χ3v) is 9.58. The van der Waals surface area contributed by atoms with Crippen molar-refractivity contribution in [3.63, 3.8) is 0 Å². The molecule has 0 aliphatic carbocycles. The van der Waals surface area contributed by atoms with Gasteiger partial charge in [0.15, 0.2) is 0 Å². The Balaban J connectivity index is 1.29. The third kappa shape index (κ3) is 3.08. The zero-order valence-corrected chi connectivity index (χ0v) is 22.5. The highest BCUT2D eigenvalue weighted by Gasteiger charge is 2.15. The summed E-state index contributed by atoms with van der Waals surface area (Å²) in [4.78, 5) is 0. The molecule has 40 heavy (non-hydrogen) atoms. The molecule has 0 atom stereocenters. The molecule has 0 saturated heterocycles. The lowest BCUT2D eigenvalue weighted by atomic mass is 9.95. The van der Waals surface area contributed by atoms with Gasteiger partial charge >= 0.3 is 0 Å². The highest BCUT2D eigenvalue weighted by molar-refractivity contribution is 7.26. The number of fused-ring (bicyclic) bond motifs is 9. The molecule has 2 aromatic heterocycles. The molecule has 9 rings (SSSR count). The van der Waals surface area contributed by atoms with Crippen LogP contribution in [0.2, 0.25) is 0 Å². The standard InChI is InChI=1S/C38H23NS/c1-2-9-27(10-3-1)39-35-15-6-4-11-30(35)34-23-33-26(22-36(34)39)18-17-24-21-25(19-20-28(24)33)29-13-8-14-32-31-12-5-7-16-37(31)40-38(29)32/h1-23H. The van der Waals surface area contributed by atoms with Gasteiger partial charge in [0.2, 0.25) is 0 Å². The molecule has 2 heteroatoms. The Kier molecular flexibility index (Phi) is 4.55. The molecule has 7 aromatic carbocycles. The second-order valence-corrected chi connectivity index (χ2v) is 11.6. The van der Waals surface area contributed by atoms with Gasteiger partial charge in [0.1, 0.15) is 0 Å². The molecule has 9 aromatic rings. The van der Waals surface area contributed by atoms with Crippen LogP contribution in [0.5, 0.6) is 0 Å². The Morgan fingerprint density at radius 1 is 0.425 bits per heavy atom. The average molecular weight is 526 g/mol. The lowest BCUT2D eigenvalue weighted by Gasteiger charge is -2.10. The summed E-state index contributed by atoms with van der Waals surface area (Å²) < 4.78 is 5.10. The summed E-state index contributed by atoms with van der Waals surface area (Å²) in [6, 6.07) is 51.2. The van der Waals surface area contributed by atoms with Crippen LogP contribution in [-0.2, 0) is 0 Å². The lowest BCUT2D eigenvalue weighted by molar-refractivity contribution is 1.18. The normalized spacial score (nSPS) is 12.0. The minimum Gasteiger partial charge on any atom is -0.309 e. The van der Waals surface area contributed by atoms with Crippen molar-refractivity contribution in [1.29, 1.82) is 0 Å². The van der Waals surface area contributed by atoms with E-state index in [1.165, 1.54) is 80.3 Å². The van der Waals surface area contributed by atoms with E-state index in [9.17, 15) is 0 Å². The number of nitrogens with zero attached hydrogens (tertiary/aromatic N) is 1. The SMILES string of the molecule is c1ccc(-n2c3ccccc3c3cc4c(ccc5cc(-c6cccc7c6sc6ccccc67)ccc54)cc32)cc1. The lowest BCUT2D eigenvalue weighted by Crippen LogP contribution is -1.93. The van der Waals surface area contributed by atoms with Crippen LogP contribution in [0.4, 0.5) is 0 Å². The van der Waals surface area contributed by atoms with Crippen LogP contribution >= 0.6 is 11.3 Å². The van der Waals surface area contributed by atoms with Gasteiger partial charge in [-0.15, -0.1) is 11.3 Å². The summed E-state index contributed by atoms with van der Waals surface area (Å²) in [7, 11) is 0. The summed E-state index contributed by atoms with van der Waals surface area (Å²) in [5.74, 6) is 0. The quantitative estimate of drug-likeness (QED) is 0.198. The minimum absolute atomic E-state index is 1.19. The number of aromatic nitrogens is 1. The van der Waals surface area contributed by atoms with Gasteiger partial charge in [-0.3, -0.25) is 0 Å². The average Bonchev–Trinajstić information content (AvgIpc) is 3.55. The van der Waals surface area contributed by atoms with E-state index in [1.54, 1.807) is 0 Å². The molecule has 0 radical (unpaired) electrons. The van der Waals surface area contributed by atoms with E-state index in [2.05, 4.69) is 144 Å². The first-order valence-corrected chi connectivity index (χ1v) is 14.5. The molecule has 0 spiro atoms. The zero-order valence-electron chi connectivity index (χ0n) is 21.6. The third-order valence-electron chi connectivity index (χ3n) is 8.36. The van der Waals surface area contributed by atoms with Gasteiger partial charge < -0.3 is 4.57 Å². The fourth-order valence-corrected chi connectivity index (χ4v) is 7.76. The Morgan fingerprint density at radius 2 is 1.18 bits per heavy atom. The summed E-state index contributed by atoms with van der Waals surface area (Å²) in [5, 5.41) is 10.4. The summed E-state index contributed by atoms with van der Waals surface area (Å²) in [6.45, 7) is 0. The number of hydrogen-bond donors (Lipinski definition) is 0. The van der Waals surface area contributed by atoms with Gasteiger partial charge in [0.05, 0.1) is 11.0 Å². The second-order valence-electron chi connectivity index (χ2n) is 10.6. The maximum atomic E-state index is 2.40. The highest BCUT2D eigenvalue weighted by atomic mass is 32.1. The number of benzene rings is 7. The number of rotatable bonds is 2. The van der Waals surface area contributed by atoms with Crippen molar-refractivity contribution in [2.75, 3.05) is 0 Å². The number of para-hydroxylation sites is 2. The van der Waals surface area contributed by atoms with Crippen LogP contribution in [0.1, 0.15) is 0 Å². The van der Waals surface area contributed by atoms with Gasteiger partial charge in [-0.1, -0.05) is 97.1 Å². The van der Waals surface area contributed by atoms with Gasteiger partial charge in [-0.25, -0.2) is 0 Å². The molecular formula is C38H23NS. The molecule has 1 nitrogen and oxygen atoms in total. The fourth-order valence-electron chi connectivity index (χ4n) is 6.53. The minimum atomic E-state index is 1.19. The number of thiophene rings is 1. The Hall–Kier alpha value is -4.92. The van der Waals surface area contributed by atoms with Gasteiger partial charge in [0.25, 0.3) is 0 Å². The molecule has 0 amide bonds. The molecule has 0 fully saturated rings. The maximum Gasteiger partial charge on any atom is 0.0547 e. The van der Waals surface area contributed by atoms with E-state index in [0.717, 1.165) is 0 Å². The molecule has 0 saturated carbocycles. The van der Waals surface area contributed by atoms with E-state index >= 15 is 0 Å². The molecular weight excluding hydrogens is 502 g/mol. The molecule has 186 valence electrons. The van der Waals surface area contributed by atoms with E-state index in [-0.39, 0.29) is 0 Å². The number of hydrogen-bond acceptors (Lipinski definition) is 1. The van der Waals surface area contributed by atoms with E-state index in [0.29, 0.717) is 0 Å². The van der Waals surface area contributed by atoms with Crippen LogP contribution in [-0.4, -0.2) is 4.57 Å². The summed E-state index contributed by atoms with van der Waals surface area (Å²) in [6.07, 6.45) is 0. The van der Waals surface area contributed by atoms with Crippen LogP contribution in [0, 0.1) is 0 Å². The molecule has 2 heterocycles. The van der Waals surface area contributed by atoms with Crippen molar-refractivity contribution < 1.29 is 0 Å². The Bertz CT molecular complexity index is 2420. The predicted molar refractivity (Wildman–Crippen MR) is 174 cm³/mol. The van der Waals surface area contributed by atoms with Crippen molar-refractivity contribution >= 4 is 74.9 Å². The second kappa shape index (κ2) is 8.29. The fraction of sp³-hybridized carbons (Fsp3) is 0. The first-order chi connectivity index (χ1) is 19.8. The Morgan fingerprint density at radius 3 is 2.08 bits per heavy atom. The zero-order chi connectivity index (χ0) is 26.2. The first-order valence-electron chi connectivity index (χ1n) is 13.7. The maximum absolute atomic E-state index is 2.40. The van der Waals surface area contributed by atoms with E-state index in [1.807, 2.05) is 11.3 Å². The molecule has 0 aliphatic heterocycles. The van der Waals surface area contributed by atoms with Gasteiger partial charge in [0, 0.05) is 36.6 Å². The molecule has 0 aliphatic rings. The van der Waals surface area contributed by atoms with Crippen molar-refractivity contribution in [3.05, 3.63) is 140 Å². The summed E-state index contributed by atoms with van der Waals surface area (Å²) >= 11 is 1.89. The van der Waals surface area contributed by atoms with Gasteiger partial charge in [-0.05, 0) is 75.1 Å². The van der Waals surface area contributed by atoms with Crippen LogP contribution < -0.4 is 0 Å². The molecule has 0 bridgehead atoms. The van der Waals surface area contributed by atoms with Crippen molar-refractivity contribution in [1.82, 2.24) is 4.57 Å².